The van der Waals surface area contributed by atoms with Crippen LogP contribution in [0.3, 0.4) is 0 Å². The van der Waals surface area contributed by atoms with Crippen LogP contribution >= 0.6 is 11.8 Å². The molecule has 1 aromatic heterocycles. The first kappa shape index (κ1) is 33.1. The van der Waals surface area contributed by atoms with E-state index in [4.69, 9.17) is 0 Å². The van der Waals surface area contributed by atoms with E-state index in [9.17, 15) is 0 Å². The second-order valence-corrected chi connectivity index (χ2v) is 16.3. The van der Waals surface area contributed by atoms with Gasteiger partial charge in [-0.3, -0.25) is 0 Å². The van der Waals surface area contributed by atoms with Gasteiger partial charge in [0.2, 0.25) is 0 Å². The van der Waals surface area contributed by atoms with Crippen LogP contribution in [0.25, 0.3) is 49.7 Å². The Morgan fingerprint density at radius 2 is 0.914 bits per heavy atom. The number of nitrogens with zero attached hydrogens (tertiary/aromatic N) is 2. The smallest absolute Gasteiger partial charge is 0.0735 e. The summed E-state index contributed by atoms with van der Waals surface area (Å²) in [7, 11) is 0. The molecular weight excluding hydrogens is 721 g/mol. The van der Waals surface area contributed by atoms with E-state index in [1.807, 2.05) is 11.8 Å². The fourth-order valence-corrected chi connectivity index (χ4v) is 11.2. The van der Waals surface area contributed by atoms with E-state index < -0.39 is 5.41 Å². The van der Waals surface area contributed by atoms with Crippen molar-refractivity contribution in [3.8, 4) is 27.9 Å². The van der Waals surface area contributed by atoms with Crippen LogP contribution in [0, 0.1) is 0 Å². The lowest BCUT2D eigenvalue weighted by molar-refractivity contribution is 0.726. The van der Waals surface area contributed by atoms with Gasteiger partial charge in [-0.1, -0.05) is 163 Å². The number of fused-ring (bicyclic) bond motifs is 13. The Morgan fingerprint density at radius 3 is 1.62 bits per heavy atom. The number of benzene rings is 9. The highest BCUT2D eigenvalue weighted by Crippen LogP contribution is 2.63. The topological polar surface area (TPSA) is 8.17 Å². The van der Waals surface area contributed by atoms with E-state index in [1.165, 1.54) is 76.1 Å². The molecule has 10 aromatic rings. The summed E-state index contributed by atoms with van der Waals surface area (Å²) in [5.41, 5.74) is 17.0. The molecule has 9 aromatic carbocycles. The summed E-state index contributed by atoms with van der Waals surface area (Å²) < 4.78 is 2.46. The fourth-order valence-electron chi connectivity index (χ4n) is 9.85. The Kier molecular flexibility index (Phi) is 7.41. The maximum absolute atomic E-state index is 2.46. The molecule has 0 saturated carbocycles. The first-order chi connectivity index (χ1) is 28.8. The van der Waals surface area contributed by atoms with Crippen LogP contribution in [-0.2, 0) is 5.41 Å². The summed E-state index contributed by atoms with van der Waals surface area (Å²) in [6.45, 7) is 0. The van der Waals surface area contributed by atoms with E-state index in [0.717, 1.165) is 22.7 Å². The first-order valence-corrected chi connectivity index (χ1v) is 20.8. The molecule has 3 heteroatoms. The van der Waals surface area contributed by atoms with Crippen molar-refractivity contribution in [3.63, 3.8) is 0 Å². The molecule has 0 atom stereocenters. The standard InChI is InChI=1S/C55H36N2S/c1-3-15-37(16-4-1)38-27-29-40(30-28-38)56(39-17-5-2-6-18-39)41-31-33-42(34-32-41)57-50-25-13-9-21-45(50)53-51(57)36-35-49-54(53)58-52-26-14-12-24-48(52)55(49)46-22-10-7-19-43(46)44-20-8-11-23-47(44)55/h1-36H. The lowest BCUT2D eigenvalue weighted by Gasteiger charge is -2.40. The Hall–Kier alpha value is -7.07. The molecule has 2 heterocycles. The maximum Gasteiger partial charge on any atom is 0.0735 e. The minimum atomic E-state index is -0.413. The zero-order valence-corrected chi connectivity index (χ0v) is 32.4. The number of para-hydroxylation sites is 2. The summed E-state index contributed by atoms with van der Waals surface area (Å²) in [6.07, 6.45) is 0. The highest BCUT2D eigenvalue weighted by molar-refractivity contribution is 7.99. The fraction of sp³-hybridized carbons (Fsp3) is 0.0182. The van der Waals surface area contributed by atoms with Crippen LogP contribution in [0.15, 0.2) is 228 Å². The quantitative estimate of drug-likeness (QED) is 0.173. The minimum Gasteiger partial charge on any atom is -0.311 e. The van der Waals surface area contributed by atoms with Gasteiger partial charge in [0.1, 0.15) is 0 Å². The van der Waals surface area contributed by atoms with Gasteiger partial charge in [-0.2, -0.15) is 0 Å². The molecule has 0 saturated heterocycles. The average Bonchev–Trinajstić information content (AvgIpc) is 3.79. The summed E-state index contributed by atoms with van der Waals surface area (Å²) in [4.78, 5) is 4.99. The van der Waals surface area contributed by atoms with E-state index in [1.54, 1.807) is 0 Å². The van der Waals surface area contributed by atoms with Gasteiger partial charge in [-0.25, -0.2) is 0 Å². The van der Waals surface area contributed by atoms with Crippen LogP contribution in [0.1, 0.15) is 22.3 Å². The number of rotatable bonds is 5. The zero-order valence-electron chi connectivity index (χ0n) is 31.6. The molecule has 0 amide bonds. The van der Waals surface area contributed by atoms with Gasteiger partial charge < -0.3 is 9.47 Å². The summed E-state index contributed by atoms with van der Waals surface area (Å²) in [5.74, 6) is 0. The van der Waals surface area contributed by atoms with Crippen LogP contribution in [0.4, 0.5) is 17.1 Å². The Balaban J connectivity index is 1.03. The minimum absolute atomic E-state index is 0.413. The van der Waals surface area contributed by atoms with Gasteiger partial charge in [-0.05, 0) is 111 Å². The van der Waals surface area contributed by atoms with Crippen LogP contribution in [0.2, 0.25) is 0 Å². The second-order valence-electron chi connectivity index (χ2n) is 15.2. The molecule has 58 heavy (non-hydrogen) atoms. The van der Waals surface area contributed by atoms with Crippen molar-refractivity contribution in [2.45, 2.75) is 15.2 Å². The van der Waals surface area contributed by atoms with Gasteiger partial charge in [0.25, 0.3) is 0 Å². The third kappa shape index (κ3) is 4.74. The normalized spacial score (nSPS) is 13.2. The molecular formula is C55H36N2S. The van der Waals surface area contributed by atoms with E-state index in [0.29, 0.717) is 0 Å². The predicted octanol–water partition coefficient (Wildman–Crippen LogP) is 14.7. The van der Waals surface area contributed by atoms with Crippen molar-refractivity contribution in [2.75, 3.05) is 4.90 Å². The molecule has 12 rings (SSSR count). The van der Waals surface area contributed by atoms with Crippen molar-refractivity contribution in [2.24, 2.45) is 0 Å². The lowest BCUT2D eigenvalue weighted by Crippen LogP contribution is -2.32. The van der Waals surface area contributed by atoms with Crippen LogP contribution in [0.5, 0.6) is 0 Å². The molecule has 2 nitrogen and oxygen atoms in total. The summed E-state index contributed by atoms with van der Waals surface area (Å²) >= 11 is 1.93. The van der Waals surface area contributed by atoms with Crippen molar-refractivity contribution in [1.29, 1.82) is 0 Å². The zero-order chi connectivity index (χ0) is 38.2. The Morgan fingerprint density at radius 1 is 0.379 bits per heavy atom. The largest absolute Gasteiger partial charge is 0.311 e. The Labute approximate surface area is 342 Å². The molecule has 0 bridgehead atoms. The molecule has 272 valence electrons. The third-order valence-electron chi connectivity index (χ3n) is 12.3. The SMILES string of the molecule is c1ccc(-c2ccc(N(c3ccccc3)c3ccc(-n4c5ccccc5c5c6c(ccc54)C4(c5ccccc5S6)c5ccccc5-c5ccccc54)cc3)cc2)cc1. The van der Waals surface area contributed by atoms with Crippen LogP contribution in [-0.4, -0.2) is 4.57 Å². The molecule has 0 radical (unpaired) electrons. The lowest BCUT2D eigenvalue weighted by atomic mass is 9.67. The maximum atomic E-state index is 2.46. The molecule has 1 aliphatic carbocycles. The predicted molar refractivity (Wildman–Crippen MR) is 242 cm³/mol. The highest BCUT2D eigenvalue weighted by Gasteiger charge is 2.50. The van der Waals surface area contributed by atoms with Gasteiger partial charge in [0.15, 0.2) is 0 Å². The number of aromatic nitrogens is 1. The van der Waals surface area contributed by atoms with Gasteiger partial charge in [0.05, 0.1) is 16.4 Å². The molecule has 1 spiro atoms. The van der Waals surface area contributed by atoms with Gasteiger partial charge >= 0.3 is 0 Å². The van der Waals surface area contributed by atoms with Crippen LogP contribution < -0.4 is 4.90 Å². The van der Waals surface area contributed by atoms with Gasteiger partial charge in [0, 0.05) is 43.3 Å². The van der Waals surface area contributed by atoms with Gasteiger partial charge in [-0.15, -0.1) is 0 Å². The van der Waals surface area contributed by atoms with E-state index >= 15 is 0 Å². The van der Waals surface area contributed by atoms with E-state index in [2.05, 4.69) is 228 Å². The van der Waals surface area contributed by atoms with E-state index in [-0.39, 0.29) is 0 Å². The first-order valence-electron chi connectivity index (χ1n) is 19.9. The number of hydrogen-bond acceptors (Lipinski definition) is 2. The molecule has 0 fully saturated rings. The average molecular weight is 757 g/mol. The Bertz CT molecular complexity index is 3140. The second kappa shape index (κ2) is 13.0. The van der Waals surface area contributed by atoms with Crippen molar-refractivity contribution in [3.05, 3.63) is 241 Å². The molecule has 0 N–H and O–H groups in total. The summed E-state index contributed by atoms with van der Waals surface area (Å²) in [5, 5.41) is 2.58. The monoisotopic (exact) mass is 756 g/mol. The third-order valence-corrected chi connectivity index (χ3v) is 13.5. The summed E-state index contributed by atoms with van der Waals surface area (Å²) in [6, 6.07) is 80.1. The number of hydrogen-bond donors (Lipinski definition) is 0. The molecule has 1 aliphatic heterocycles. The number of anilines is 3. The molecule has 0 unspecified atom stereocenters. The van der Waals surface area contributed by atoms with Crippen molar-refractivity contribution < 1.29 is 0 Å². The molecule has 2 aliphatic rings. The van der Waals surface area contributed by atoms with Crippen molar-refractivity contribution in [1.82, 2.24) is 4.57 Å². The highest BCUT2D eigenvalue weighted by atomic mass is 32.2. The van der Waals surface area contributed by atoms with Crippen molar-refractivity contribution >= 4 is 50.6 Å².